The monoisotopic (exact) mass is 415 g/mol. The lowest BCUT2D eigenvalue weighted by molar-refractivity contribution is -0.130. The summed E-state index contributed by atoms with van der Waals surface area (Å²) in [6, 6.07) is 11.5. The Bertz CT molecular complexity index is 1050. The maximum absolute atomic E-state index is 12.7. The number of rotatable bonds is 3. The Morgan fingerprint density at radius 2 is 1.93 bits per heavy atom. The summed E-state index contributed by atoms with van der Waals surface area (Å²) in [7, 11) is 0. The van der Waals surface area contributed by atoms with Crippen LogP contribution < -0.4 is 14.4 Å². The molecule has 2 aromatic carbocycles. The van der Waals surface area contributed by atoms with Gasteiger partial charge < -0.3 is 19.3 Å². The number of para-hydroxylation sites is 1. The Hall–Kier alpha value is -2.51. The SMILES string of the molecule is O=C(Cc1ccc2c(c1)OCO2)N1CCN(c2nc3c(Cl)cccc3s2)CC1. The highest BCUT2D eigenvalue weighted by Crippen LogP contribution is 2.34. The van der Waals surface area contributed by atoms with E-state index in [9.17, 15) is 4.79 Å². The lowest BCUT2D eigenvalue weighted by atomic mass is 10.1. The first kappa shape index (κ1) is 17.6. The summed E-state index contributed by atoms with van der Waals surface area (Å²) in [5.41, 5.74) is 1.79. The molecule has 8 heteroatoms. The van der Waals surface area contributed by atoms with Gasteiger partial charge in [-0.15, -0.1) is 0 Å². The Kier molecular flexibility index (Phi) is 4.49. The number of carbonyl (C=O) groups excluding carboxylic acids is 1. The van der Waals surface area contributed by atoms with E-state index in [0.29, 0.717) is 30.3 Å². The lowest BCUT2D eigenvalue weighted by Crippen LogP contribution is -2.49. The van der Waals surface area contributed by atoms with Crippen molar-refractivity contribution in [1.29, 1.82) is 0 Å². The number of benzene rings is 2. The van der Waals surface area contributed by atoms with E-state index in [-0.39, 0.29) is 12.7 Å². The van der Waals surface area contributed by atoms with Gasteiger partial charge in [0.25, 0.3) is 0 Å². The first-order chi connectivity index (χ1) is 13.7. The van der Waals surface area contributed by atoms with E-state index in [2.05, 4.69) is 4.90 Å². The third-order valence-electron chi connectivity index (χ3n) is 5.05. The number of hydrogen-bond acceptors (Lipinski definition) is 6. The number of halogens is 1. The molecule has 1 fully saturated rings. The first-order valence-electron chi connectivity index (χ1n) is 9.14. The van der Waals surface area contributed by atoms with Gasteiger partial charge in [-0.05, 0) is 29.8 Å². The maximum atomic E-state index is 12.7. The van der Waals surface area contributed by atoms with Crippen molar-refractivity contribution in [2.45, 2.75) is 6.42 Å². The zero-order valence-electron chi connectivity index (χ0n) is 15.1. The molecule has 0 saturated carbocycles. The minimum absolute atomic E-state index is 0.130. The largest absolute Gasteiger partial charge is 0.454 e. The predicted molar refractivity (Wildman–Crippen MR) is 110 cm³/mol. The van der Waals surface area contributed by atoms with Crippen molar-refractivity contribution in [3.05, 3.63) is 47.0 Å². The van der Waals surface area contributed by atoms with Gasteiger partial charge in [0.05, 0.1) is 16.1 Å². The van der Waals surface area contributed by atoms with Gasteiger partial charge in [-0.2, -0.15) is 0 Å². The Morgan fingerprint density at radius 1 is 1.11 bits per heavy atom. The van der Waals surface area contributed by atoms with Gasteiger partial charge in [0, 0.05) is 26.2 Å². The third kappa shape index (κ3) is 3.25. The van der Waals surface area contributed by atoms with Crippen molar-refractivity contribution >= 4 is 44.2 Å². The molecule has 2 aliphatic heterocycles. The molecule has 0 aliphatic carbocycles. The van der Waals surface area contributed by atoms with Crippen LogP contribution in [0.4, 0.5) is 5.13 Å². The van der Waals surface area contributed by atoms with Crippen LogP contribution in [0.15, 0.2) is 36.4 Å². The van der Waals surface area contributed by atoms with Crippen LogP contribution in [0.5, 0.6) is 11.5 Å². The number of ether oxygens (including phenoxy) is 2. The summed E-state index contributed by atoms with van der Waals surface area (Å²) in [6.07, 6.45) is 0.368. The normalized spacial score (nSPS) is 16.0. The summed E-state index contributed by atoms with van der Waals surface area (Å²) in [5.74, 6) is 1.58. The Morgan fingerprint density at radius 3 is 2.75 bits per heavy atom. The zero-order valence-corrected chi connectivity index (χ0v) is 16.6. The molecule has 0 N–H and O–H groups in total. The fourth-order valence-electron chi connectivity index (χ4n) is 3.52. The van der Waals surface area contributed by atoms with Crippen LogP contribution in [0.3, 0.4) is 0 Å². The lowest BCUT2D eigenvalue weighted by Gasteiger charge is -2.34. The fraction of sp³-hybridized carbons (Fsp3) is 0.300. The number of hydrogen-bond donors (Lipinski definition) is 0. The van der Waals surface area contributed by atoms with Crippen molar-refractivity contribution in [2.75, 3.05) is 37.9 Å². The molecule has 3 aromatic rings. The van der Waals surface area contributed by atoms with E-state index >= 15 is 0 Å². The summed E-state index contributed by atoms with van der Waals surface area (Å²) >= 11 is 7.89. The predicted octanol–water partition coefficient (Wildman–Crippen LogP) is 3.57. The molecule has 0 bridgehead atoms. The fourth-order valence-corrected chi connectivity index (χ4v) is 4.84. The number of aromatic nitrogens is 1. The molecule has 0 radical (unpaired) electrons. The van der Waals surface area contributed by atoms with Gasteiger partial charge in [-0.25, -0.2) is 4.98 Å². The number of anilines is 1. The molecule has 1 aromatic heterocycles. The van der Waals surface area contributed by atoms with Gasteiger partial charge >= 0.3 is 0 Å². The molecule has 3 heterocycles. The second-order valence-electron chi connectivity index (χ2n) is 6.82. The van der Waals surface area contributed by atoms with E-state index in [0.717, 1.165) is 39.8 Å². The van der Waals surface area contributed by atoms with Gasteiger partial charge in [-0.1, -0.05) is 35.1 Å². The number of thiazole rings is 1. The van der Waals surface area contributed by atoms with Crippen LogP contribution in [0.25, 0.3) is 10.2 Å². The summed E-state index contributed by atoms with van der Waals surface area (Å²) in [4.78, 5) is 21.5. The molecule has 6 nitrogen and oxygen atoms in total. The standard InChI is InChI=1S/C20H18ClN3O3S/c21-14-2-1-3-17-19(14)22-20(28-17)24-8-6-23(7-9-24)18(25)11-13-4-5-15-16(10-13)27-12-26-15/h1-5,10H,6-9,11-12H2. The summed E-state index contributed by atoms with van der Waals surface area (Å²) < 4.78 is 11.8. The van der Waals surface area contributed by atoms with Crippen molar-refractivity contribution in [1.82, 2.24) is 9.88 Å². The Labute approximate surface area is 171 Å². The molecule has 5 rings (SSSR count). The van der Waals surface area contributed by atoms with E-state index in [1.807, 2.05) is 41.3 Å². The Balaban J connectivity index is 1.22. The average Bonchev–Trinajstić information content (AvgIpc) is 3.35. The van der Waals surface area contributed by atoms with Crippen molar-refractivity contribution < 1.29 is 14.3 Å². The maximum Gasteiger partial charge on any atom is 0.231 e. The molecule has 1 amide bonds. The van der Waals surface area contributed by atoms with Crippen molar-refractivity contribution in [3.8, 4) is 11.5 Å². The zero-order chi connectivity index (χ0) is 19.1. The molecular formula is C20H18ClN3O3S. The van der Waals surface area contributed by atoms with Crippen LogP contribution in [0.1, 0.15) is 5.56 Å². The molecule has 2 aliphatic rings. The van der Waals surface area contributed by atoms with E-state index in [1.54, 1.807) is 11.3 Å². The second-order valence-corrected chi connectivity index (χ2v) is 8.23. The number of nitrogens with zero attached hydrogens (tertiary/aromatic N) is 3. The average molecular weight is 416 g/mol. The molecule has 0 spiro atoms. The minimum atomic E-state index is 0.130. The number of amides is 1. The molecule has 144 valence electrons. The molecule has 0 unspecified atom stereocenters. The van der Waals surface area contributed by atoms with Crippen molar-refractivity contribution in [2.24, 2.45) is 0 Å². The molecule has 0 atom stereocenters. The van der Waals surface area contributed by atoms with Gasteiger partial charge in [-0.3, -0.25) is 4.79 Å². The van der Waals surface area contributed by atoms with E-state index in [4.69, 9.17) is 26.1 Å². The van der Waals surface area contributed by atoms with Crippen molar-refractivity contribution in [3.63, 3.8) is 0 Å². The summed E-state index contributed by atoms with van der Waals surface area (Å²) in [5, 5.41) is 1.64. The topological polar surface area (TPSA) is 54.9 Å². The highest BCUT2D eigenvalue weighted by atomic mass is 35.5. The van der Waals surface area contributed by atoms with Crippen LogP contribution in [0.2, 0.25) is 5.02 Å². The highest BCUT2D eigenvalue weighted by molar-refractivity contribution is 7.22. The smallest absolute Gasteiger partial charge is 0.231 e. The van der Waals surface area contributed by atoms with Gasteiger partial charge in [0.2, 0.25) is 12.7 Å². The molecule has 28 heavy (non-hydrogen) atoms. The van der Waals surface area contributed by atoms with E-state index in [1.165, 1.54) is 0 Å². The number of carbonyl (C=O) groups is 1. The van der Waals surface area contributed by atoms with Crippen LogP contribution in [-0.2, 0) is 11.2 Å². The quantitative estimate of drug-likeness (QED) is 0.654. The number of fused-ring (bicyclic) bond motifs is 2. The first-order valence-corrected chi connectivity index (χ1v) is 10.3. The molecular weight excluding hydrogens is 398 g/mol. The third-order valence-corrected chi connectivity index (χ3v) is 6.44. The minimum Gasteiger partial charge on any atom is -0.454 e. The summed E-state index contributed by atoms with van der Waals surface area (Å²) in [6.45, 7) is 3.15. The van der Waals surface area contributed by atoms with Crippen LogP contribution in [0, 0.1) is 0 Å². The van der Waals surface area contributed by atoms with Crippen LogP contribution in [-0.4, -0.2) is 48.8 Å². The number of piperazine rings is 1. The van der Waals surface area contributed by atoms with Gasteiger partial charge in [0.15, 0.2) is 16.6 Å². The highest BCUT2D eigenvalue weighted by Gasteiger charge is 2.24. The van der Waals surface area contributed by atoms with Gasteiger partial charge in [0.1, 0.15) is 5.52 Å². The molecule has 1 saturated heterocycles. The second kappa shape index (κ2) is 7.14. The van der Waals surface area contributed by atoms with E-state index < -0.39 is 0 Å². The van der Waals surface area contributed by atoms with Crippen LogP contribution >= 0.6 is 22.9 Å².